The van der Waals surface area contributed by atoms with Crippen LogP contribution < -0.4 is 16.2 Å². The van der Waals surface area contributed by atoms with Gasteiger partial charge >= 0.3 is 6.03 Å². The van der Waals surface area contributed by atoms with Gasteiger partial charge in [-0.05, 0) is 67.5 Å². The standard InChI is InChI=1S/C23H25N5O3S/c1-27-21(30)18-11-6-15(14-19(18)26-23(27)32)20(29)24-16-7-9-17(10-8-16)25-22(31)28-12-4-2-3-5-13-28/h6-11,14H,2-5,12-13H2,1H3,(H,24,29)(H,25,31)(H,26,32). The fraction of sp³-hybridized carbons (Fsp3) is 0.304. The molecule has 0 spiro atoms. The van der Waals surface area contributed by atoms with E-state index in [4.69, 9.17) is 12.2 Å². The lowest BCUT2D eigenvalue weighted by Crippen LogP contribution is -2.35. The fourth-order valence-electron chi connectivity index (χ4n) is 3.76. The molecule has 1 aliphatic rings. The number of hydrogen-bond acceptors (Lipinski definition) is 4. The molecule has 3 aromatic rings. The van der Waals surface area contributed by atoms with Gasteiger partial charge in [-0.1, -0.05) is 12.8 Å². The molecule has 0 atom stereocenters. The number of aromatic amines is 1. The minimum Gasteiger partial charge on any atom is -0.332 e. The summed E-state index contributed by atoms with van der Waals surface area (Å²) < 4.78 is 1.64. The Morgan fingerprint density at radius 1 is 0.938 bits per heavy atom. The van der Waals surface area contributed by atoms with E-state index in [0.29, 0.717) is 27.8 Å². The second-order valence-electron chi connectivity index (χ2n) is 7.92. The van der Waals surface area contributed by atoms with Gasteiger partial charge < -0.3 is 20.5 Å². The minimum atomic E-state index is -0.312. The Bertz CT molecular complexity index is 1270. The molecule has 0 saturated carbocycles. The molecule has 2 aromatic carbocycles. The van der Waals surface area contributed by atoms with Crippen LogP contribution in [0.4, 0.5) is 16.2 Å². The third-order valence-electron chi connectivity index (χ3n) is 5.65. The molecule has 1 fully saturated rings. The van der Waals surface area contributed by atoms with Crippen molar-refractivity contribution in [3.63, 3.8) is 0 Å². The number of rotatable bonds is 3. The van der Waals surface area contributed by atoms with Crippen LogP contribution in [-0.4, -0.2) is 39.5 Å². The van der Waals surface area contributed by atoms with E-state index < -0.39 is 0 Å². The number of urea groups is 1. The number of nitrogens with one attached hydrogen (secondary N) is 3. The van der Waals surface area contributed by atoms with Crippen molar-refractivity contribution in [2.75, 3.05) is 23.7 Å². The highest BCUT2D eigenvalue weighted by Crippen LogP contribution is 2.18. The molecular weight excluding hydrogens is 426 g/mol. The maximum Gasteiger partial charge on any atom is 0.321 e. The predicted octanol–water partition coefficient (Wildman–Crippen LogP) is 4.26. The van der Waals surface area contributed by atoms with E-state index in [1.165, 1.54) is 17.4 Å². The molecule has 32 heavy (non-hydrogen) atoms. The Kier molecular flexibility index (Phi) is 6.36. The van der Waals surface area contributed by atoms with Gasteiger partial charge in [0.05, 0.1) is 10.9 Å². The third-order valence-corrected chi connectivity index (χ3v) is 6.03. The summed E-state index contributed by atoms with van der Waals surface area (Å²) in [4.78, 5) is 42.2. The van der Waals surface area contributed by atoms with Gasteiger partial charge in [0.1, 0.15) is 0 Å². The van der Waals surface area contributed by atoms with E-state index in [-0.39, 0.29) is 22.3 Å². The summed E-state index contributed by atoms with van der Waals surface area (Å²) in [6.45, 7) is 1.56. The first-order valence-corrected chi connectivity index (χ1v) is 11.0. The van der Waals surface area contributed by atoms with E-state index in [0.717, 1.165) is 25.9 Å². The molecule has 166 valence electrons. The number of nitrogens with zero attached hydrogens (tertiary/aromatic N) is 2. The van der Waals surface area contributed by atoms with Gasteiger partial charge in [-0.2, -0.15) is 0 Å². The highest BCUT2D eigenvalue weighted by Gasteiger charge is 2.15. The zero-order chi connectivity index (χ0) is 22.7. The van der Waals surface area contributed by atoms with Crippen LogP contribution in [0, 0.1) is 4.77 Å². The van der Waals surface area contributed by atoms with E-state index in [1.54, 1.807) is 49.5 Å². The lowest BCUT2D eigenvalue weighted by atomic mass is 10.1. The van der Waals surface area contributed by atoms with Crippen molar-refractivity contribution in [1.82, 2.24) is 14.5 Å². The van der Waals surface area contributed by atoms with Crippen LogP contribution in [-0.2, 0) is 7.05 Å². The average Bonchev–Trinajstić information content (AvgIpc) is 3.08. The van der Waals surface area contributed by atoms with Crippen molar-refractivity contribution >= 4 is 46.4 Å². The summed E-state index contributed by atoms with van der Waals surface area (Å²) in [6.07, 6.45) is 4.40. The lowest BCUT2D eigenvalue weighted by Gasteiger charge is -2.20. The first-order valence-electron chi connectivity index (χ1n) is 10.6. The molecule has 0 radical (unpaired) electrons. The number of carbonyl (C=O) groups is 2. The molecule has 2 heterocycles. The number of hydrogen-bond donors (Lipinski definition) is 3. The summed E-state index contributed by atoms with van der Waals surface area (Å²) in [5.41, 5.74) is 1.96. The molecule has 0 aliphatic carbocycles. The fourth-order valence-corrected chi connectivity index (χ4v) is 3.96. The number of likely N-dealkylation sites (tertiary alicyclic amines) is 1. The molecule has 1 saturated heterocycles. The van der Waals surface area contributed by atoms with E-state index in [1.807, 2.05) is 4.90 Å². The maximum absolute atomic E-state index is 12.7. The molecule has 8 nitrogen and oxygen atoms in total. The maximum atomic E-state index is 12.7. The monoisotopic (exact) mass is 451 g/mol. The number of H-pyrrole nitrogens is 1. The first kappa shape index (κ1) is 21.8. The largest absolute Gasteiger partial charge is 0.332 e. The van der Waals surface area contributed by atoms with Gasteiger partial charge in [0.25, 0.3) is 11.5 Å². The highest BCUT2D eigenvalue weighted by molar-refractivity contribution is 7.71. The van der Waals surface area contributed by atoms with Crippen molar-refractivity contribution in [1.29, 1.82) is 0 Å². The van der Waals surface area contributed by atoms with E-state index >= 15 is 0 Å². The van der Waals surface area contributed by atoms with Crippen LogP contribution in [0.2, 0.25) is 0 Å². The topological polar surface area (TPSA) is 99.2 Å². The SMILES string of the molecule is Cn1c(=S)[nH]c2cc(C(=O)Nc3ccc(NC(=O)N4CCCCCC4)cc3)ccc2c1=O. The average molecular weight is 452 g/mol. The van der Waals surface area contributed by atoms with Gasteiger partial charge in [0.15, 0.2) is 4.77 Å². The molecule has 3 N–H and O–H groups in total. The second kappa shape index (κ2) is 9.35. The van der Waals surface area contributed by atoms with Crippen LogP contribution in [0.15, 0.2) is 47.3 Å². The first-order chi connectivity index (χ1) is 15.4. The van der Waals surface area contributed by atoms with Crippen molar-refractivity contribution in [2.24, 2.45) is 7.05 Å². The minimum absolute atomic E-state index is 0.0941. The normalized spacial score (nSPS) is 14.1. The van der Waals surface area contributed by atoms with E-state index in [2.05, 4.69) is 15.6 Å². The molecular formula is C23H25N5O3S. The number of carbonyl (C=O) groups excluding carboxylic acids is 2. The van der Waals surface area contributed by atoms with Crippen molar-refractivity contribution in [3.05, 3.63) is 63.2 Å². The Labute approximate surface area is 190 Å². The predicted molar refractivity (Wildman–Crippen MR) is 128 cm³/mol. The number of benzene rings is 2. The summed E-state index contributed by atoms with van der Waals surface area (Å²) in [7, 11) is 1.60. The van der Waals surface area contributed by atoms with Crippen molar-refractivity contribution in [3.8, 4) is 0 Å². The van der Waals surface area contributed by atoms with Gasteiger partial charge in [0, 0.05) is 37.1 Å². The quantitative estimate of drug-likeness (QED) is 0.518. The van der Waals surface area contributed by atoms with Crippen LogP contribution in [0.3, 0.4) is 0 Å². The third kappa shape index (κ3) is 4.72. The lowest BCUT2D eigenvalue weighted by molar-refractivity contribution is 0.102. The van der Waals surface area contributed by atoms with Crippen LogP contribution in [0.1, 0.15) is 36.0 Å². The number of amides is 3. The summed E-state index contributed by atoms with van der Waals surface area (Å²) in [5, 5.41) is 6.21. The van der Waals surface area contributed by atoms with Crippen LogP contribution >= 0.6 is 12.2 Å². The Morgan fingerprint density at radius 2 is 1.56 bits per heavy atom. The highest BCUT2D eigenvalue weighted by atomic mass is 32.1. The van der Waals surface area contributed by atoms with Gasteiger partial charge in [-0.15, -0.1) is 0 Å². The smallest absolute Gasteiger partial charge is 0.321 e. The zero-order valence-electron chi connectivity index (χ0n) is 17.8. The summed E-state index contributed by atoms with van der Waals surface area (Å²) in [6, 6.07) is 11.7. The number of anilines is 2. The van der Waals surface area contributed by atoms with E-state index in [9.17, 15) is 14.4 Å². The van der Waals surface area contributed by atoms with Crippen molar-refractivity contribution in [2.45, 2.75) is 25.7 Å². The molecule has 0 bridgehead atoms. The number of aromatic nitrogens is 2. The Morgan fingerprint density at radius 3 is 2.22 bits per heavy atom. The Balaban J connectivity index is 1.43. The summed E-state index contributed by atoms with van der Waals surface area (Å²) >= 11 is 5.15. The molecule has 9 heteroatoms. The molecule has 1 aromatic heterocycles. The molecule has 0 unspecified atom stereocenters. The zero-order valence-corrected chi connectivity index (χ0v) is 18.6. The second-order valence-corrected chi connectivity index (χ2v) is 8.30. The van der Waals surface area contributed by atoms with Crippen LogP contribution in [0.25, 0.3) is 10.9 Å². The number of fused-ring (bicyclic) bond motifs is 1. The summed E-state index contributed by atoms with van der Waals surface area (Å²) in [5.74, 6) is -0.312. The van der Waals surface area contributed by atoms with Crippen molar-refractivity contribution < 1.29 is 9.59 Å². The molecule has 3 amide bonds. The van der Waals surface area contributed by atoms with Gasteiger partial charge in [0.2, 0.25) is 0 Å². The Hall–Kier alpha value is -3.46. The van der Waals surface area contributed by atoms with Crippen LogP contribution in [0.5, 0.6) is 0 Å². The van der Waals surface area contributed by atoms with Gasteiger partial charge in [-0.3, -0.25) is 14.2 Å². The molecule has 4 rings (SSSR count). The van der Waals surface area contributed by atoms with Gasteiger partial charge in [-0.25, -0.2) is 4.79 Å². The molecule has 1 aliphatic heterocycles.